The van der Waals surface area contributed by atoms with Crippen LogP contribution in [0.4, 0.5) is 0 Å². The van der Waals surface area contributed by atoms with E-state index < -0.39 is 0 Å². The minimum absolute atomic E-state index is 0.154. The molecule has 3 aromatic rings. The van der Waals surface area contributed by atoms with Crippen molar-refractivity contribution >= 4 is 5.91 Å². The normalized spacial score (nSPS) is 14.8. The predicted octanol–water partition coefficient (Wildman–Crippen LogP) is 3.03. The van der Waals surface area contributed by atoms with Crippen molar-refractivity contribution in [3.05, 3.63) is 77.9 Å². The summed E-state index contributed by atoms with van der Waals surface area (Å²) in [7, 11) is 0. The number of benzene rings is 1. The van der Waals surface area contributed by atoms with Crippen molar-refractivity contribution in [2.45, 2.75) is 38.3 Å². The maximum atomic E-state index is 12.9. The zero-order chi connectivity index (χ0) is 17.9. The summed E-state index contributed by atoms with van der Waals surface area (Å²) < 4.78 is 1.96. The Morgan fingerprint density at radius 3 is 2.77 bits per heavy atom. The first-order chi connectivity index (χ1) is 12.7. The topological polar surface area (TPSA) is 72.7 Å². The molecule has 4 rings (SSSR count). The van der Waals surface area contributed by atoms with E-state index in [9.17, 15) is 4.79 Å². The van der Waals surface area contributed by atoms with Gasteiger partial charge in [-0.3, -0.25) is 4.79 Å². The van der Waals surface area contributed by atoms with Gasteiger partial charge in [-0.25, -0.2) is 15.0 Å². The Kier molecular flexibility index (Phi) is 4.48. The van der Waals surface area contributed by atoms with Crippen LogP contribution in [0.25, 0.3) is 0 Å². The van der Waals surface area contributed by atoms with E-state index >= 15 is 0 Å². The van der Waals surface area contributed by atoms with Crippen LogP contribution in [0.5, 0.6) is 0 Å². The van der Waals surface area contributed by atoms with Gasteiger partial charge in [-0.1, -0.05) is 30.3 Å². The maximum Gasteiger partial charge on any atom is 0.255 e. The first kappa shape index (κ1) is 16.4. The number of rotatable bonds is 6. The summed E-state index contributed by atoms with van der Waals surface area (Å²) in [4.78, 5) is 25.9. The third-order valence-corrected chi connectivity index (χ3v) is 4.64. The second-order valence-electron chi connectivity index (χ2n) is 6.70. The van der Waals surface area contributed by atoms with Gasteiger partial charge < -0.3 is 9.88 Å². The number of hydrogen-bond donors (Lipinski definition) is 1. The molecule has 6 nitrogen and oxygen atoms in total. The van der Waals surface area contributed by atoms with Crippen LogP contribution in [0.2, 0.25) is 0 Å². The van der Waals surface area contributed by atoms with Crippen LogP contribution in [0.1, 0.15) is 52.2 Å². The van der Waals surface area contributed by atoms with E-state index in [-0.39, 0.29) is 11.9 Å². The fourth-order valence-corrected chi connectivity index (χ4v) is 3.01. The molecule has 2 aromatic heterocycles. The molecule has 132 valence electrons. The van der Waals surface area contributed by atoms with Crippen LogP contribution in [0.3, 0.4) is 0 Å². The summed E-state index contributed by atoms with van der Waals surface area (Å²) in [6.07, 6.45) is 9.32. The van der Waals surface area contributed by atoms with Crippen LogP contribution in [-0.2, 0) is 6.54 Å². The third-order valence-electron chi connectivity index (χ3n) is 4.64. The van der Waals surface area contributed by atoms with E-state index in [0.29, 0.717) is 18.0 Å². The Balaban J connectivity index is 1.55. The zero-order valence-corrected chi connectivity index (χ0v) is 14.7. The van der Waals surface area contributed by atoms with Crippen LogP contribution in [0, 0.1) is 6.92 Å². The van der Waals surface area contributed by atoms with E-state index in [4.69, 9.17) is 0 Å². The lowest BCUT2D eigenvalue weighted by atomic mass is 10.1. The fourth-order valence-electron chi connectivity index (χ4n) is 3.01. The average Bonchev–Trinajstić information content (AvgIpc) is 3.39. The molecule has 1 aliphatic rings. The number of amides is 1. The lowest BCUT2D eigenvalue weighted by Crippen LogP contribution is -2.32. The Bertz CT molecular complexity index is 888. The summed E-state index contributed by atoms with van der Waals surface area (Å²) in [5.41, 5.74) is 2.30. The van der Waals surface area contributed by atoms with Gasteiger partial charge in [0.2, 0.25) is 0 Å². The SMILES string of the molecule is Cc1nc(C2CC2)ncc1C(=O)N[C@H](Cn1ccnc1)c1ccccc1. The number of carbonyl (C=O) groups is 1. The molecule has 0 saturated heterocycles. The van der Waals surface area contributed by atoms with E-state index in [2.05, 4.69) is 20.3 Å². The quantitative estimate of drug-likeness (QED) is 0.744. The Morgan fingerprint density at radius 1 is 1.31 bits per heavy atom. The Morgan fingerprint density at radius 2 is 2.12 bits per heavy atom. The maximum absolute atomic E-state index is 12.9. The van der Waals surface area contributed by atoms with Crippen LogP contribution in [0.15, 0.2) is 55.2 Å². The largest absolute Gasteiger partial charge is 0.343 e. The highest BCUT2D eigenvalue weighted by Crippen LogP contribution is 2.37. The van der Waals surface area contributed by atoms with E-state index in [0.717, 1.165) is 29.9 Å². The third kappa shape index (κ3) is 3.64. The first-order valence-corrected chi connectivity index (χ1v) is 8.86. The highest BCUT2D eigenvalue weighted by Gasteiger charge is 2.27. The molecule has 1 aliphatic carbocycles. The van der Waals surface area contributed by atoms with Gasteiger partial charge in [-0.15, -0.1) is 0 Å². The van der Waals surface area contributed by atoms with E-state index in [1.807, 2.05) is 48.0 Å². The standard InChI is InChI=1S/C20H21N5O/c1-14-17(11-22-19(23-14)16-7-8-16)20(26)24-18(12-25-10-9-21-13-25)15-5-3-2-4-6-15/h2-6,9-11,13,16,18H,7-8,12H2,1H3,(H,24,26)/t18-/m1/s1. The molecule has 0 unspecified atom stereocenters. The predicted molar refractivity (Wildman–Crippen MR) is 97.6 cm³/mol. The van der Waals surface area contributed by atoms with Crippen molar-refractivity contribution in [1.29, 1.82) is 0 Å². The van der Waals surface area contributed by atoms with Gasteiger partial charge in [-0.05, 0) is 25.3 Å². The Hall–Kier alpha value is -3.02. The van der Waals surface area contributed by atoms with Crippen molar-refractivity contribution in [2.24, 2.45) is 0 Å². The molecular weight excluding hydrogens is 326 g/mol. The molecule has 1 fully saturated rings. The van der Waals surface area contributed by atoms with E-state index in [1.165, 1.54) is 0 Å². The summed E-state index contributed by atoms with van der Waals surface area (Å²) in [6, 6.07) is 9.78. The summed E-state index contributed by atoms with van der Waals surface area (Å²) >= 11 is 0. The van der Waals surface area contributed by atoms with Crippen molar-refractivity contribution in [3.63, 3.8) is 0 Å². The van der Waals surface area contributed by atoms with Gasteiger partial charge in [0.25, 0.3) is 5.91 Å². The second-order valence-corrected chi connectivity index (χ2v) is 6.70. The molecule has 26 heavy (non-hydrogen) atoms. The number of carbonyl (C=O) groups excluding carboxylic acids is 1. The lowest BCUT2D eigenvalue weighted by Gasteiger charge is -2.20. The minimum atomic E-state index is -0.166. The molecule has 1 atom stereocenters. The number of aryl methyl sites for hydroxylation is 1. The molecule has 1 aromatic carbocycles. The highest BCUT2D eigenvalue weighted by atomic mass is 16.1. The van der Waals surface area contributed by atoms with Crippen LogP contribution in [-0.4, -0.2) is 25.4 Å². The number of aromatic nitrogens is 4. The van der Waals surface area contributed by atoms with Crippen molar-refractivity contribution in [3.8, 4) is 0 Å². The van der Waals surface area contributed by atoms with Gasteiger partial charge in [-0.2, -0.15) is 0 Å². The second kappa shape index (κ2) is 7.07. The van der Waals surface area contributed by atoms with Crippen LogP contribution < -0.4 is 5.32 Å². The van der Waals surface area contributed by atoms with Crippen molar-refractivity contribution in [2.75, 3.05) is 0 Å². The minimum Gasteiger partial charge on any atom is -0.343 e. The van der Waals surface area contributed by atoms with Gasteiger partial charge in [0.15, 0.2) is 0 Å². The monoisotopic (exact) mass is 347 g/mol. The number of imidazole rings is 1. The van der Waals surface area contributed by atoms with Gasteiger partial charge in [0.05, 0.1) is 23.6 Å². The fraction of sp³-hybridized carbons (Fsp3) is 0.300. The molecule has 0 bridgehead atoms. The van der Waals surface area contributed by atoms with Gasteiger partial charge in [0, 0.05) is 31.1 Å². The van der Waals surface area contributed by atoms with E-state index in [1.54, 1.807) is 18.7 Å². The van der Waals surface area contributed by atoms with Crippen molar-refractivity contribution < 1.29 is 4.79 Å². The summed E-state index contributed by atoms with van der Waals surface area (Å²) in [6.45, 7) is 2.48. The Labute approximate surface area is 152 Å². The number of nitrogens with one attached hydrogen (secondary N) is 1. The summed E-state index contributed by atoms with van der Waals surface area (Å²) in [5.74, 6) is 1.18. The van der Waals surface area contributed by atoms with Crippen LogP contribution >= 0.6 is 0 Å². The smallest absolute Gasteiger partial charge is 0.255 e. The molecule has 0 spiro atoms. The average molecular weight is 347 g/mol. The molecule has 1 N–H and O–H groups in total. The molecule has 6 heteroatoms. The lowest BCUT2D eigenvalue weighted by molar-refractivity contribution is 0.0931. The summed E-state index contributed by atoms with van der Waals surface area (Å²) in [5, 5.41) is 3.13. The number of nitrogens with zero attached hydrogens (tertiary/aromatic N) is 4. The molecule has 1 saturated carbocycles. The van der Waals surface area contributed by atoms with Crippen molar-refractivity contribution in [1.82, 2.24) is 24.8 Å². The highest BCUT2D eigenvalue weighted by molar-refractivity contribution is 5.95. The molecule has 0 radical (unpaired) electrons. The van der Waals surface area contributed by atoms with Gasteiger partial charge >= 0.3 is 0 Å². The molecule has 1 amide bonds. The number of hydrogen-bond acceptors (Lipinski definition) is 4. The molecular formula is C20H21N5O. The first-order valence-electron chi connectivity index (χ1n) is 8.86. The van der Waals surface area contributed by atoms with Gasteiger partial charge in [0.1, 0.15) is 5.82 Å². The zero-order valence-electron chi connectivity index (χ0n) is 14.7. The molecule has 2 heterocycles. The molecule has 0 aliphatic heterocycles.